The van der Waals surface area contributed by atoms with Crippen molar-refractivity contribution >= 4 is 16.0 Å². The number of nitrogens with zero attached hydrogens (tertiary/aromatic N) is 2. The topological polar surface area (TPSA) is 119 Å². The van der Waals surface area contributed by atoms with Crippen LogP contribution in [-0.2, 0) is 21.3 Å². The first-order valence-corrected chi connectivity index (χ1v) is 22.3. The molecule has 7 rings (SSSR count). The number of carbonyl (C=O) groups is 1. The number of methoxy groups -OCH3 is 1. The smallest absolute Gasteiger partial charge is 0.339 e. The van der Waals surface area contributed by atoms with Crippen molar-refractivity contribution in [3.05, 3.63) is 185 Å². The highest BCUT2D eigenvalue weighted by Crippen LogP contribution is 2.42. The number of benzene rings is 5. The third kappa shape index (κ3) is 15.6. The van der Waals surface area contributed by atoms with Crippen molar-refractivity contribution in [2.75, 3.05) is 13.7 Å². The molecule has 386 valence electrons. The van der Waals surface area contributed by atoms with Gasteiger partial charge in [-0.3, -0.25) is 4.79 Å². The van der Waals surface area contributed by atoms with Gasteiger partial charge in [-0.2, -0.15) is 26.0 Å². The van der Waals surface area contributed by atoms with Gasteiger partial charge in [-0.05, 0) is 71.1 Å². The Morgan fingerprint density at radius 3 is 1.66 bits per heavy atom. The van der Waals surface area contributed by atoms with E-state index in [1.807, 2.05) is 41.5 Å². The first kappa shape index (κ1) is 61.8. The van der Waals surface area contributed by atoms with E-state index < -0.39 is 102 Å². The molecule has 1 aromatic heterocycles. The molecule has 1 N–H and O–H groups in total. The van der Waals surface area contributed by atoms with Crippen molar-refractivity contribution in [3.63, 3.8) is 0 Å². The van der Waals surface area contributed by atoms with Crippen molar-refractivity contribution in [1.82, 2.24) is 10.1 Å². The quantitative estimate of drug-likeness (QED) is 0.0552. The van der Waals surface area contributed by atoms with E-state index >= 15 is 0 Å². The van der Waals surface area contributed by atoms with Crippen LogP contribution >= 0.6 is 0 Å². The van der Waals surface area contributed by atoms with Crippen LogP contribution in [0.5, 0.6) is 17.2 Å². The van der Waals surface area contributed by atoms with Gasteiger partial charge in [-0.1, -0.05) is 90.2 Å². The Labute approximate surface area is 402 Å². The van der Waals surface area contributed by atoms with Gasteiger partial charge in [0.15, 0.2) is 5.75 Å². The highest BCUT2D eigenvalue weighted by Gasteiger charge is 2.35. The predicted molar refractivity (Wildman–Crippen MR) is 241 cm³/mol. The maximum absolute atomic E-state index is 14.1. The lowest BCUT2D eigenvalue weighted by atomic mass is 9.87. The van der Waals surface area contributed by atoms with E-state index in [1.54, 1.807) is 47.5 Å². The van der Waals surface area contributed by atoms with E-state index in [0.717, 1.165) is 18.2 Å². The summed E-state index contributed by atoms with van der Waals surface area (Å²) in [5.41, 5.74) is 2.67. The molecule has 9 nitrogen and oxygen atoms in total. The van der Waals surface area contributed by atoms with E-state index in [2.05, 4.69) is 27.0 Å². The van der Waals surface area contributed by atoms with E-state index in [-0.39, 0.29) is 18.9 Å². The molecular formula is C49H48F12N2O7S. The van der Waals surface area contributed by atoms with Crippen molar-refractivity contribution in [3.8, 4) is 28.4 Å². The zero-order valence-corrected chi connectivity index (χ0v) is 40.0. The lowest BCUT2D eigenvalue weighted by Gasteiger charge is -2.38. The summed E-state index contributed by atoms with van der Waals surface area (Å²) in [7, 11) is -3.66. The lowest BCUT2D eigenvalue weighted by molar-refractivity contribution is -0.130. The van der Waals surface area contributed by atoms with Crippen molar-refractivity contribution in [2.45, 2.75) is 65.8 Å². The Balaban J connectivity index is 0.000000732. The second kappa shape index (κ2) is 29.1. The molecule has 0 bridgehead atoms. The largest absolute Gasteiger partial charge is 0.503 e. The molecule has 0 aliphatic carbocycles. The second-order valence-corrected chi connectivity index (χ2v) is 14.4. The van der Waals surface area contributed by atoms with Gasteiger partial charge in [-0.15, -0.1) is 0 Å². The molecule has 1 aliphatic heterocycles. The minimum Gasteiger partial charge on any atom is -0.503 e. The number of phenolic OH excluding ortho intramolecular Hbond substituents is 1. The fourth-order valence-corrected chi connectivity index (χ4v) is 6.79. The van der Waals surface area contributed by atoms with E-state index in [4.69, 9.17) is 9.84 Å². The molecule has 0 radical (unpaired) electrons. The average Bonchev–Trinajstić information content (AvgIpc) is 3.99. The molecule has 0 saturated carbocycles. The lowest BCUT2D eigenvalue weighted by Crippen LogP contribution is -2.39. The minimum absolute atomic E-state index is 0.143. The number of aromatic nitrogens is 1. The first-order valence-electron chi connectivity index (χ1n) is 20.9. The van der Waals surface area contributed by atoms with Gasteiger partial charge in [0, 0.05) is 19.0 Å². The van der Waals surface area contributed by atoms with Crippen LogP contribution in [0.3, 0.4) is 0 Å². The van der Waals surface area contributed by atoms with Gasteiger partial charge in [0.1, 0.15) is 28.6 Å². The summed E-state index contributed by atoms with van der Waals surface area (Å²) >= 11 is 0. The van der Waals surface area contributed by atoms with Crippen molar-refractivity contribution in [1.29, 1.82) is 0 Å². The number of amides is 1. The van der Waals surface area contributed by atoms with Crippen LogP contribution in [0.2, 0.25) is 0 Å². The number of hydrogen-bond acceptors (Lipinski definition) is 8. The first-order chi connectivity index (χ1) is 33.6. The number of halogens is 12. The van der Waals surface area contributed by atoms with E-state index in [1.165, 1.54) is 38.5 Å². The monoisotopic (exact) mass is 1040 g/mol. The van der Waals surface area contributed by atoms with Gasteiger partial charge >= 0.3 is 10.1 Å². The summed E-state index contributed by atoms with van der Waals surface area (Å²) in [6.45, 7) is 19.5. The van der Waals surface area contributed by atoms with E-state index in [9.17, 15) is 65.9 Å². The van der Waals surface area contributed by atoms with Crippen LogP contribution in [0, 0.1) is 64.0 Å². The Kier molecular flexibility index (Phi) is 25.3. The van der Waals surface area contributed by atoms with Crippen LogP contribution in [0.4, 0.5) is 52.7 Å². The van der Waals surface area contributed by atoms with Crippen LogP contribution in [-0.4, -0.2) is 43.1 Å². The number of hydrogen-bond donors (Lipinski definition) is 1. The molecule has 1 unspecified atom stereocenters. The van der Waals surface area contributed by atoms with Crippen LogP contribution in [0.1, 0.15) is 71.2 Å². The van der Waals surface area contributed by atoms with Crippen LogP contribution in [0.15, 0.2) is 114 Å². The predicted octanol–water partition coefficient (Wildman–Crippen LogP) is 14.0. The molecule has 1 amide bonds. The second-order valence-electron chi connectivity index (χ2n) is 12.9. The van der Waals surface area contributed by atoms with Crippen LogP contribution in [0.25, 0.3) is 11.1 Å². The molecule has 71 heavy (non-hydrogen) atoms. The fraction of sp³-hybridized carbons (Fsp3) is 0.224. The number of ether oxygens (including phenoxy) is 1. The molecule has 0 fully saturated rings. The fourth-order valence-electron chi connectivity index (χ4n) is 5.80. The average molecular weight is 1040 g/mol. The third-order valence-corrected chi connectivity index (χ3v) is 10.1. The highest BCUT2D eigenvalue weighted by atomic mass is 32.2. The molecule has 22 heteroatoms. The van der Waals surface area contributed by atoms with Gasteiger partial charge < -0.3 is 23.4 Å². The standard InChI is InChI=1S/C30H21F6NO5S.C6HF5O.C4H5F.C3H3NO.3C2H6/c1-15(38)37-11-10-18-13-20(43(39,40)42-30-27(35)25(33)24(32)26(34)28(30)36)7-9-21(18)29(37)22-8-6-17(14-23(22)41-2)16-4-3-5-19(31)12-16;7-1-2(8)4(10)6(12)5(11)3(1)9;1-3-4(2)5;1-2-4-5-3-1;3*1-2/h3-9,12-14,29H,10-11H2,1-2H3;12H;3H,1-2H2;1-3H;3*1-2H3. The molecule has 1 aliphatic rings. The molecule has 1 atom stereocenters. The number of allylic oxidation sites excluding steroid dienone is 2. The maximum atomic E-state index is 14.1. The maximum Gasteiger partial charge on any atom is 0.339 e. The summed E-state index contributed by atoms with van der Waals surface area (Å²) in [4.78, 5) is 13.6. The SMILES string of the molecule is C=CC(=C)F.CC.CC.CC.COc1cc(-c2cccc(F)c2)ccc1C1c2ccc(S(=O)(=O)Oc3c(F)c(F)c(F)c(F)c3F)cc2CCN1C(C)=O.Oc1c(F)c(F)c(F)c(F)c1F.c1cnoc1. The number of aromatic hydroxyl groups is 1. The summed E-state index contributed by atoms with van der Waals surface area (Å²) in [5, 5.41) is 11.6. The number of fused-ring (bicyclic) bond motifs is 1. The third-order valence-electron chi connectivity index (χ3n) is 8.84. The zero-order valence-electron chi connectivity index (χ0n) is 39.2. The Hall–Kier alpha value is -7.23. The highest BCUT2D eigenvalue weighted by molar-refractivity contribution is 7.87. The Bertz CT molecular complexity index is 2700. The zero-order chi connectivity index (χ0) is 54.5. The van der Waals surface area contributed by atoms with Crippen molar-refractivity contribution < 1.29 is 84.4 Å². The van der Waals surface area contributed by atoms with Gasteiger partial charge in [0.05, 0.1) is 19.3 Å². The van der Waals surface area contributed by atoms with Crippen molar-refractivity contribution in [2.24, 2.45) is 0 Å². The minimum atomic E-state index is -5.07. The number of rotatable bonds is 7. The Morgan fingerprint density at radius 2 is 1.23 bits per heavy atom. The molecular weight excluding hydrogens is 989 g/mol. The molecule has 0 saturated heterocycles. The summed E-state index contributed by atoms with van der Waals surface area (Å²) in [6.07, 6.45) is 4.32. The number of phenols is 1. The van der Waals surface area contributed by atoms with Crippen LogP contribution < -0.4 is 8.92 Å². The summed E-state index contributed by atoms with van der Waals surface area (Å²) in [5.74, 6) is -27.8. The number of carbonyl (C=O) groups excluding carboxylic acids is 1. The molecule has 5 aromatic carbocycles. The molecule has 0 spiro atoms. The van der Waals surface area contributed by atoms with Gasteiger partial charge in [0.2, 0.25) is 69.8 Å². The molecule has 6 aromatic rings. The van der Waals surface area contributed by atoms with Gasteiger partial charge in [-0.25, -0.2) is 35.1 Å². The Morgan fingerprint density at radius 1 is 0.732 bits per heavy atom. The van der Waals surface area contributed by atoms with Gasteiger partial charge in [0.25, 0.3) is 0 Å². The molecule has 2 heterocycles. The normalized spacial score (nSPS) is 12.0. The summed E-state index contributed by atoms with van der Waals surface area (Å²) < 4.78 is 195. The summed E-state index contributed by atoms with van der Waals surface area (Å²) in [6, 6.07) is 15.5. The van der Waals surface area contributed by atoms with E-state index in [0.29, 0.717) is 33.6 Å².